The van der Waals surface area contributed by atoms with Crippen molar-refractivity contribution in [2.45, 2.75) is 20.8 Å². The van der Waals surface area contributed by atoms with E-state index in [2.05, 4.69) is 21.2 Å². The first-order chi connectivity index (χ1) is 7.23. The third-order valence-electron chi connectivity index (χ3n) is 1.96. The first kappa shape index (κ1) is 13.1. The van der Waals surface area contributed by atoms with Gasteiger partial charge in [0.15, 0.2) is 11.6 Å². The van der Waals surface area contributed by atoms with Gasteiger partial charge in [0.1, 0.15) is 0 Å². The van der Waals surface area contributed by atoms with Crippen molar-refractivity contribution in [3.05, 3.63) is 28.2 Å². The third-order valence-corrected chi connectivity index (χ3v) is 2.74. The molecule has 0 heterocycles. The van der Waals surface area contributed by atoms with Crippen molar-refractivity contribution in [1.29, 1.82) is 0 Å². The molecule has 1 rings (SSSR count). The highest BCUT2D eigenvalue weighted by Crippen LogP contribution is 2.28. The van der Waals surface area contributed by atoms with Crippen LogP contribution < -0.4 is 5.32 Å². The molecule has 16 heavy (non-hydrogen) atoms. The molecule has 0 unspecified atom stereocenters. The highest BCUT2D eigenvalue weighted by atomic mass is 79.9. The Kier molecular flexibility index (Phi) is 3.68. The Balaban J connectivity index is 3.00. The molecule has 0 aliphatic rings. The van der Waals surface area contributed by atoms with E-state index < -0.39 is 17.0 Å². The molecular weight excluding hydrogens is 280 g/mol. The quantitative estimate of drug-likeness (QED) is 0.785. The van der Waals surface area contributed by atoms with Crippen molar-refractivity contribution in [2.75, 3.05) is 5.32 Å². The van der Waals surface area contributed by atoms with Crippen molar-refractivity contribution in [2.24, 2.45) is 5.41 Å². The number of benzene rings is 1. The lowest BCUT2D eigenvalue weighted by Crippen LogP contribution is -2.27. The average Bonchev–Trinajstić information content (AvgIpc) is 2.17. The summed E-state index contributed by atoms with van der Waals surface area (Å²) in [4.78, 5) is 11.6. The predicted molar refractivity (Wildman–Crippen MR) is 62.1 cm³/mol. The summed E-state index contributed by atoms with van der Waals surface area (Å²) in [6.07, 6.45) is 0. The molecule has 0 aliphatic carbocycles. The Bertz CT molecular complexity index is 427. The molecule has 0 bridgehead atoms. The van der Waals surface area contributed by atoms with Crippen molar-refractivity contribution >= 4 is 27.5 Å². The van der Waals surface area contributed by atoms with Crippen molar-refractivity contribution < 1.29 is 13.6 Å². The molecular formula is C11H12BrF2NO. The van der Waals surface area contributed by atoms with Crippen LogP contribution in [0, 0.1) is 17.0 Å². The summed E-state index contributed by atoms with van der Waals surface area (Å²) in [5.41, 5.74) is -0.372. The van der Waals surface area contributed by atoms with E-state index in [9.17, 15) is 13.6 Å². The van der Waals surface area contributed by atoms with Gasteiger partial charge in [-0.25, -0.2) is 8.78 Å². The summed E-state index contributed by atoms with van der Waals surface area (Å²) in [6, 6.07) is 2.28. The fraction of sp³-hybridized carbons (Fsp3) is 0.364. The highest BCUT2D eigenvalue weighted by Gasteiger charge is 2.22. The number of halogens is 3. The lowest BCUT2D eigenvalue weighted by molar-refractivity contribution is -0.123. The minimum Gasteiger partial charge on any atom is -0.325 e. The summed E-state index contributed by atoms with van der Waals surface area (Å²) in [5.74, 6) is -2.23. The molecule has 0 radical (unpaired) electrons. The van der Waals surface area contributed by atoms with Gasteiger partial charge in [-0.3, -0.25) is 4.79 Å². The van der Waals surface area contributed by atoms with E-state index >= 15 is 0 Å². The van der Waals surface area contributed by atoms with Crippen LogP contribution in [-0.2, 0) is 4.79 Å². The van der Waals surface area contributed by atoms with Crippen LogP contribution in [0.15, 0.2) is 16.6 Å². The van der Waals surface area contributed by atoms with Crippen LogP contribution in [0.2, 0.25) is 0 Å². The number of carbonyl (C=O) groups is 1. The second kappa shape index (κ2) is 4.49. The lowest BCUT2D eigenvalue weighted by Gasteiger charge is -2.18. The molecule has 0 aromatic heterocycles. The van der Waals surface area contributed by atoms with Crippen molar-refractivity contribution in [3.63, 3.8) is 0 Å². The molecule has 1 aromatic rings. The molecule has 1 aromatic carbocycles. The molecule has 5 heteroatoms. The monoisotopic (exact) mass is 291 g/mol. The minimum atomic E-state index is -1.01. The van der Waals surface area contributed by atoms with Gasteiger partial charge < -0.3 is 5.32 Å². The Labute approximate surface area is 101 Å². The molecule has 88 valence electrons. The summed E-state index contributed by atoms with van der Waals surface area (Å²) in [6.45, 7) is 5.20. The van der Waals surface area contributed by atoms with E-state index in [-0.39, 0.29) is 16.1 Å². The Morgan fingerprint density at radius 3 is 2.38 bits per heavy atom. The van der Waals surface area contributed by atoms with E-state index in [0.717, 1.165) is 6.07 Å². The van der Waals surface area contributed by atoms with Crippen LogP contribution in [0.25, 0.3) is 0 Å². The van der Waals surface area contributed by atoms with Gasteiger partial charge in [0.05, 0.1) is 10.2 Å². The Hall–Kier alpha value is -0.970. The van der Waals surface area contributed by atoms with Gasteiger partial charge in [-0.1, -0.05) is 20.8 Å². The van der Waals surface area contributed by atoms with Crippen LogP contribution >= 0.6 is 15.9 Å². The van der Waals surface area contributed by atoms with Gasteiger partial charge in [0.25, 0.3) is 0 Å². The number of hydrogen-bond donors (Lipinski definition) is 1. The topological polar surface area (TPSA) is 29.1 Å². The number of carbonyl (C=O) groups excluding carboxylic acids is 1. The number of rotatable bonds is 1. The predicted octanol–water partition coefficient (Wildman–Crippen LogP) is 3.71. The van der Waals surface area contributed by atoms with Gasteiger partial charge in [-0.15, -0.1) is 0 Å². The standard InChI is InChI=1S/C11H12BrF2NO/c1-11(2,3)10(16)15-7-5-4-6(13)9(14)8(7)12/h4-5H,1-3H3,(H,15,16). The maximum absolute atomic E-state index is 13.2. The average molecular weight is 292 g/mol. The lowest BCUT2D eigenvalue weighted by atomic mass is 9.95. The Morgan fingerprint density at radius 1 is 1.31 bits per heavy atom. The first-order valence-electron chi connectivity index (χ1n) is 4.68. The highest BCUT2D eigenvalue weighted by molar-refractivity contribution is 9.10. The van der Waals surface area contributed by atoms with Gasteiger partial charge in [-0.05, 0) is 28.1 Å². The first-order valence-corrected chi connectivity index (χ1v) is 5.47. The summed E-state index contributed by atoms with van der Waals surface area (Å²) in [7, 11) is 0. The van der Waals surface area contributed by atoms with Crippen LogP contribution in [0.3, 0.4) is 0 Å². The Morgan fingerprint density at radius 2 is 1.88 bits per heavy atom. The van der Waals surface area contributed by atoms with Gasteiger partial charge in [-0.2, -0.15) is 0 Å². The molecule has 0 spiro atoms. The summed E-state index contributed by atoms with van der Waals surface area (Å²) in [5, 5.41) is 2.53. The maximum atomic E-state index is 13.2. The van der Waals surface area contributed by atoms with Gasteiger partial charge in [0.2, 0.25) is 5.91 Å². The summed E-state index contributed by atoms with van der Waals surface area (Å²) < 4.78 is 25.9. The smallest absolute Gasteiger partial charge is 0.229 e. The maximum Gasteiger partial charge on any atom is 0.229 e. The van der Waals surface area contributed by atoms with Crippen LogP contribution in [0.5, 0.6) is 0 Å². The van der Waals surface area contributed by atoms with E-state index in [1.54, 1.807) is 20.8 Å². The van der Waals surface area contributed by atoms with E-state index in [4.69, 9.17) is 0 Å². The minimum absolute atomic E-state index is 0.0786. The largest absolute Gasteiger partial charge is 0.325 e. The molecule has 0 saturated carbocycles. The second-order valence-corrected chi connectivity index (χ2v) is 5.22. The zero-order chi connectivity index (χ0) is 12.5. The third kappa shape index (κ3) is 2.78. The van der Waals surface area contributed by atoms with Crippen molar-refractivity contribution in [1.82, 2.24) is 0 Å². The zero-order valence-electron chi connectivity index (χ0n) is 9.20. The molecule has 1 amide bonds. The fourth-order valence-electron chi connectivity index (χ4n) is 0.932. The SMILES string of the molecule is CC(C)(C)C(=O)Nc1ccc(F)c(F)c1Br. The van der Waals surface area contributed by atoms with E-state index in [1.165, 1.54) is 6.07 Å². The van der Waals surface area contributed by atoms with Crippen LogP contribution in [0.1, 0.15) is 20.8 Å². The summed E-state index contributed by atoms with van der Waals surface area (Å²) >= 11 is 2.90. The molecule has 0 fully saturated rings. The van der Waals surface area contributed by atoms with Gasteiger partial charge >= 0.3 is 0 Å². The number of hydrogen-bond acceptors (Lipinski definition) is 1. The van der Waals surface area contributed by atoms with E-state index in [0.29, 0.717) is 0 Å². The number of amides is 1. The van der Waals surface area contributed by atoms with Crippen molar-refractivity contribution in [3.8, 4) is 0 Å². The molecule has 1 N–H and O–H groups in total. The normalized spacial score (nSPS) is 11.4. The van der Waals surface area contributed by atoms with E-state index in [1.807, 2.05) is 0 Å². The zero-order valence-corrected chi connectivity index (χ0v) is 10.8. The fourth-order valence-corrected chi connectivity index (χ4v) is 1.35. The molecule has 0 atom stereocenters. The number of anilines is 1. The second-order valence-electron chi connectivity index (χ2n) is 4.43. The van der Waals surface area contributed by atoms with Crippen LogP contribution in [0.4, 0.5) is 14.5 Å². The van der Waals surface area contributed by atoms with Crippen LogP contribution in [-0.4, -0.2) is 5.91 Å². The number of nitrogens with one attached hydrogen (secondary N) is 1. The molecule has 2 nitrogen and oxygen atoms in total. The molecule has 0 aliphatic heterocycles. The molecule has 0 saturated heterocycles. The van der Waals surface area contributed by atoms with Gasteiger partial charge in [0, 0.05) is 5.41 Å².